The van der Waals surface area contributed by atoms with Crippen molar-refractivity contribution in [2.75, 3.05) is 4.90 Å². The van der Waals surface area contributed by atoms with E-state index in [0.717, 1.165) is 22.3 Å². The van der Waals surface area contributed by atoms with Gasteiger partial charge in [0.2, 0.25) is 11.8 Å². The number of carbonyl (C=O) groups is 2. The summed E-state index contributed by atoms with van der Waals surface area (Å²) in [6.45, 7) is 3.96. The van der Waals surface area contributed by atoms with Crippen molar-refractivity contribution >= 4 is 23.6 Å². The van der Waals surface area contributed by atoms with E-state index < -0.39 is 17.9 Å². The second kappa shape index (κ2) is 5.80. The van der Waals surface area contributed by atoms with Crippen molar-refractivity contribution in [1.82, 2.24) is 4.90 Å². The normalized spacial score (nSPS) is 27.5. The second-order valence-electron chi connectivity index (χ2n) is 7.74. The van der Waals surface area contributed by atoms with Gasteiger partial charge in [-0.1, -0.05) is 30.3 Å². The summed E-state index contributed by atoms with van der Waals surface area (Å²) in [5, 5.41) is 9.83. The minimum absolute atomic E-state index is 0.212. The molecule has 0 unspecified atom stereocenters. The molecule has 5 heteroatoms. The van der Waals surface area contributed by atoms with Gasteiger partial charge in [0.15, 0.2) is 0 Å². The Morgan fingerprint density at radius 2 is 1.71 bits per heavy atom. The first-order chi connectivity index (χ1) is 13.5. The van der Waals surface area contributed by atoms with Gasteiger partial charge in [-0.15, -0.1) is 0 Å². The topological polar surface area (TPSA) is 64.4 Å². The van der Waals surface area contributed by atoms with Crippen LogP contribution in [-0.4, -0.2) is 22.8 Å². The molecular weight excluding hydrogens is 350 g/mol. The highest BCUT2D eigenvalue weighted by Crippen LogP contribution is 2.52. The number of anilines is 1. The zero-order valence-electron chi connectivity index (χ0n) is 15.7. The van der Waals surface area contributed by atoms with Crippen LogP contribution in [-0.2, 0) is 9.59 Å². The number of nitrogens with zero attached hydrogens (tertiary/aromatic N) is 3. The molecule has 3 aliphatic heterocycles. The number of carbonyl (C=O) groups excluding carboxylic acids is 2. The number of hydrogen-bond donors (Lipinski definition) is 0. The Labute approximate surface area is 163 Å². The van der Waals surface area contributed by atoms with E-state index in [1.807, 2.05) is 73.5 Å². The Balaban J connectivity index is 1.63. The second-order valence-corrected chi connectivity index (χ2v) is 7.74. The maximum absolute atomic E-state index is 13.5. The molecule has 2 amide bonds. The zero-order chi connectivity index (χ0) is 19.6. The molecule has 0 radical (unpaired) electrons. The van der Waals surface area contributed by atoms with Crippen molar-refractivity contribution in [3.63, 3.8) is 0 Å². The quantitative estimate of drug-likeness (QED) is 0.723. The van der Waals surface area contributed by atoms with E-state index >= 15 is 0 Å². The van der Waals surface area contributed by atoms with Crippen molar-refractivity contribution in [3.8, 4) is 6.07 Å². The molecular formula is C23H19N3O2. The number of rotatable bonds is 1. The summed E-state index contributed by atoms with van der Waals surface area (Å²) in [7, 11) is 0. The van der Waals surface area contributed by atoms with Crippen LogP contribution in [0.5, 0.6) is 0 Å². The number of benzene rings is 2. The van der Waals surface area contributed by atoms with Crippen LogP contribution in [0.1, 0.15) is 28.3 Å². The molecule has 5 rings (SSSR count). The van der Waals surface area contributed by atoms with Gasteiger partial charge >= 0.3 is 0 Å². The Hall–Kier alpha value is -3.39. The van der Waals surface area contributed by atoms with Crippen LogP contribution in [0.4, 0.5) is 5.69 Å². The summed E-state index contributed by atoms with van der Waals surface area (Å²) in [5.41, 5.74) is 4.76. The van der Waals surface area contributed by atoms with Gasteiger partial charge in [-0.25, -0.2) is 4.90 Å². The first-order valence-electron chi connectivity index (χ1n) is 9.42. The predicted molar refractivity (Wildman–Crippen MR) is 105 cm³/mol. The van der Waals surface area contributed by atoms with Gasteiger partial charge in [-0.2, -0.15) is 5.26 Å². The minimum atomic E-state index is -0.653. The van der Waals surface area contributed by atoms with Gasteiger partial charge in [0, 0.05) is 6.20 Å². The third kappa shape index (κ3) is 2.06. The largest absolute Gasteiger partial charge is 0.353 e. The molecule has 3 aliphatic rings. The molecule has 0 N–H and O–H groups in total. The van der Waals surface area contributed by atoms with Crippen LogP contribution in [0.15, 0.2) is 48.7 Å². The summed E-state index contributed by atoms with van der Waals surface area (Å²) in [5.74, 6) is -1.69. The van der Waals surface area contributed by atoms with Crippen LogP contribution in [0.25, 0.3) is 6.08 Å². The fourth-order valence-corrected chi connectivity index (χ4v) is 4.82. The Morgan fingerprint density at radius 3 is 2.46 bits per heavy atom. The smallest absolute Gasteiger partial charge is 0.240 e. The van der Waals surface area contributed by atoms with Crippen molar-refractivity contribution in [1.29, 1.82) is 5.26 Å². The SMILES string of the molecule is Cc1ccc(N2C(=O)[C@@H]3[C@@H](C2=O)[C@H](C#N)N2C=Cc4ccccc4[C@H]32)cc1C. The highest BCUT2D eigenvalue weighted by Gasteiger charge is 2.63. The third-order valence-electron chi connectivity index (χ3n) is 6.34. The molecule has 2 aromatic carbocycles. The number of hydrogen-bond acceptors (Lipinski definition) is 4. The molecule has 0 spiro atoms. The van der Waals surface area contributed by atoms with E-state index in [1.54, 1.807) is 0 Å². The molecule has 2 saturated heterocycles. The molecule has 28 heavy (non-hydrogen) atoms. The lowest BCUT2D eigenvalue weighted by Gasteiger charge is -2.33. The lowest BCUT2D eigenvalue weighted by molar-refractivity contribution is -0.123. The maximum Gasteiger partial charge on any atom is 0.240 e. The Bertz CT molecular complexity index is 1100. The fourth-order valence-electron chi connectivity index (χ4n) is 4.82. The minimum Gasteiger partial charge on any atom is -0.353 e. The highest BCUT2D eigenvalue weighted by molar-refractivity contribution is 6.23. The third-order valence-corrected chi connectivity index (χ3v) is 6.34. The van der Waals surface area contributed by atoms with E-state index in [-0.39, 0.29) is 17.9 Å². The molecule has 138 valence electrons. The van der Waals surface area contributed by atoms with Crippen LogP contribution < -0.4 is 4.90 Å². The van der Waals surface area contributed by atoms with Crippen molar-refractivity contribution < 1.29 is 9.59 Å². The number of fused-ring (bicyclic) bond motifs is 5. The molecule has 2 aromatic rings. The average molecular weight is 369 g/mol. The van der Waals surface area contributed by atoms with Gasteiger partial charge in [0.05, 0.1) is 29.6 Å². The van der Waals surface area contributed by atoms with E-state index in [9.17, 15) is 14.9 Å². The number of nitriles is 1. The van der Waals surface area contributed by atoms with Crippen molar-refractivity contribution in [2.45, 2.75) is 25.9 Å². The average Bonchev–Trinajstić information content (AvgIpc) is 3.17. The lowest BCUT2D eigenvalue weighted by atomic mass is 9.85. The van der Waals surface area contributed by atoms with Gasteiger partial charge in [0.1, 0.15) is 6.04 Å². The van der Waals surface area contributed by atoms with E-state index in [0.29, 0.717) is 5.69 Å². The predicted octanol–water partition coefficient (Wildman–Crippen LogP) is 3.34. The van der Waals surface area contributed by atoms with E-state index in [1.165, 1.54) is 4.90 Å². The molecule has 0 bridgehead atoms. The Morgan fingerprint density at radius 1 is 0.964 bits per heavy atom. The highest BCUT2D eigenvalue weighted by atomic mass is 16.2. The molecule has 2 fully saturated rings. The van der Waals surface area contributed by atoms with Crippen LogP contribution in [0.3, 0.4) is 0 Å². The monoisotopic (exact) mass is 369 g/mol. The molecule has 3 heterocycles. The molecule has 0 saturated carbocycles. The first-order valence-corrected chi connectivity index (χ1v) is 9.42. The first kappa shape index (κ1) is 16.8. The summed E-state index contributed by atoms with van der Waals surface area (Å²) in [6, 6.07) is 14.8. The van der Waals surface area contributed by atoms with Gasteiger partial charge < -0.3 is 4.90 Å². The van der Waals surface area contributed by atoms with Crippen LogP contribution in [0.2, 0.25) is 0 Å². The number of aryl methyl sites for hydroxylation is 2. The zero-order valence-corrected chi connectivity index (χ0v) is 15.7. The number of amides is 2. The van der Waals surface area contributed by atoms with Gasteiger partial charge in [0.25, 0.3) is 0 Å². The van der Waals surface area contributed by atoms with E-state index in [2.05, 4.69) is 6.07 Å². The van der Waals surface area contributed by atoms with Gasteiger partial charge in [-0.05, 0) is 54.3 Å². The molecule has 0 aromatic heterocycles. The van der Waals surface area contributed by atoms with E-state index in [4.69, 9.17) is 0 Å². The van der Waals surface area contributed by atoms with Gasteiger partial charge in [-0.3, -0.25) is 9.59 Å². The van der Waals surface area contributed by atoms with Crippen LogP contribution in [0, 0.1) is 37.0 Å². The molecule has 5 nitrogen and oxygen atoms in total. The number of imide groups is 1. The summed E-state index contributed by atoms with van der Waals surface area (Å²) in [6.07, 6.45) is 3.81. The maximum atomic E-state index is 13.5. The lowest BCUT2D eigenvalue weighted by Crippen LogP contribution is -2.40. The Kier molecular flexibility index (Phi) is 3.47. The summed E-state index contributed by atoms with van der Waals surface area (Å²) in [4.78, 5) is 30.0. The van der Waals surface area contributed by atoms with Crippen molar-refractivity contribution in [2.24, 2.45) is 11.8 Å². The molecule has 0 aliphatic carbocycles. The standard InChI is InChI=1S/C23H19N3O2/c1-13-7-8-16(11-14(13)2)26-22(27)19-18(12-24)25-10-9-15-5-3-4-6-17(15)21(25)20(19)23(26)28/h3-11,18-21H,1-2H3/t18-,19-,20+,21+/m0/s1. The summed E-state index contributed by atoms with van der Waals surface area (Å²) < 4.78 is 0. The summed E-state index contributed by atoms with van der Waals surface area (Å²) >= 11 is 0. The van der Waals surface area contributed by atoms with Crippen LogP contribution >= 0.6 is 0 Å². The fraction of sp³-hybridized carbons (Fsp3) is 0.261. The molecule has 4 atom stereocenters. The van der Waals surface area contributed by atoms with Crippen molar-refractivity contribution in [3.05, 3.63) is 70.9 Å².